The molecule has 0 atom stereocenters. The Hall–Kier alpha value is -3.03. The lowest BCUT2D eigenvalue weighted by Crippen LogP contribution is -2.20. The number of benzene rings is 1. The van der Waals surface area contributed by atoms with E-state index < -0.39 is 12.5 Å². The summed E-state index contributed by atoms with van der Waals surface area (Å²) < 4.78 is 31.3. The number of hydrogen-bond donors (Lipinski definition) is 1. The Morgan fingerprint density at radius 1 is 1.32 bits per heavy atom. The van der Waals surface area contributed by atoms with Gasteiger partial charge in [0.1, 0.15) is 12.3 Å². The summed E-state index contributed by atoms with van der Waals surface area (Å²) in [5.41, 5.74) is 3.72. The molecule has 8 heteroatoms. The van der Waals surface area contributed by atoms with Gasteiger partial charge < -0.3 is 10.1 Å². The maximum absolute atomic E-state index is 12.6. The van der Waals surface area contributed by atoms with Crippen LogP contribution in [0.15, 0.2) is 30.5 Å². The molecule has 1 saturated carbocycles. The molecule has 146 valence electrons. The molecule has 2 heterocycles. The van der Waals surface area contributed by atoms with Crippen LogP contribution in [0.1, 0.15) is 35.6 Å². The number of halogens is 2. The number of pyridine rings is 1. The van der Waals surface area contributed by atoms with Gasteiger partial charge in [-0.05, 0) is 61.9 Å². The lowest BCUT2D eigenvalue weighted by Gasteiger charge is -2.13. The molecular formula is C20H20F2N4O2. The van der Waals surface area contributed by atoms with Crippen LogP contribution in [0.4, 0.5) is 14.5 Å². The van der Waals surface area contributed by atoms with Gasteiger partial charge >= 0.3 is 6.61 Å². The van der Waals surface area contributed by atoms with Crippen molar-refractivity contribution >= 4 is 22.6 Å². The topological polar surface area (TPSA) is 69.0 Å². The van der Waals surface area contributed by atoms with Gasteiger partial charge in [0, 0.05) is 11.6 Å². The van der Waals surface area contributed by atoms with E-state index in [1.54, 1.807) is 29.9 Å². The van der Waals surface area contributed by atoms with E-state index in [1.807, 2.05) is 13.0 Å². The van der Waals surface area contributed by atoms with E-state index in [1.165, 1.54) is 11.6 Å². The number of aromatic nitrogens is 3. The van der Waals surface area contributed by atoms with Gasteiger partial charge in [0.05, 0.1) is 11.4 Å². The second-order valence-corrected chi connectivity index (χ2v) is 7.04. The summed E-state index contributed by atoms with van der Waals surface area (Å²) in [5, 5.41) is 8.11. The van der Waals surface area contributed by atoms with E-state index in [-0.39, 0.29) is 18.0 Å². The number of amides is 1. The fourth-order valence-electron chi connectivity index (χ4n) is 3.42. The lowest BCUT2D eigenvalue weighted by molar-refractivity contribution is -0.116. The summed E-state index contributed by atoms with van der Waals surface area (Å²) in [6, 6.07) is 6.65. The first-order valence-electron chi connectivity index (χ1n) is 9.09. The highest BCUT2D eigenvalue weighted by molar-refractivity contribution is 5.93. The van der Waals surface area contributed by atoms with Crippen molar-refractivity contribution in [3.05, 3.63) is 47.3 Å². The number of carbonyl (C=O) groups excluding carboxylic acids is 1. The average molecular weight is 386 g/mol. The largest absolute Gasteiger partial charge is 0.433 e. The lowest BCUT2D eigenvalue weighted by atomic mass is 10.1. The highest BCUT2D eigenvalue weighted by Crippen LogP contribution is 2.43. The molecule has 0 unspecified atom stereocenters. The van der Waals surface area contributed by atoms with Crippen LogP contribution in [0.2, 0.25) is 0 Å². The van der Waals surface area contributed by atoms with Crippen LogP contribution in [-0.2, 0) is 11.3 Å². The molecule has 1 fully saturated rings. The quantitative estimate of drug-likeness (QED) is 0.691. The Balaban J connectivity index is 1.58. The highest BCUT2D eigenvalue weighted by Gasteiger charge is 2.27. The third-order valence-electron chi connectivity index (χ3n) is 4.78. The molecule has 1 N–H and O–H groups in total. The van der Waals surface area contributed by atoms with Gasteiger partial charge in [0.2, 0.25) is 5.91 Å². The van der Waals surface area contributed by atoms with Gasteiger partial charge in [-0.1, -0.05) is 6.07 Å². The van der Waals surface area contributed by atoms with Gasteiger partial charge in [0.25, 0.3) is 0 Å². The van der Waals surface area contributed by atoms with Crippen molar-refractivity contribution in [2.75, 3.05) is 5.32 Å². The molecule has 1 aromatic carbocycles. The number of rotatable bonds is 6. The Labute approximate surface area is 160 Å². The number of alkyl halides is 2. The summed E-state index contributed by atoms with van der Waals surface area (Å²) in [7, 11) is 0. The Morgan fingerprint density at radius 2 is 2.11 bits per heavy atom. The fourth-order valence-corrected chi connectivity index (χ4v) is 3.42. The minimum absolute atomic E-state index is 0.0759. The van der Waals surface area contributed by atoms with Crippen molar-refractivity contribution in [3.8, 4) is 5.75 Å². The molecule has 2 aromatic heterocycles. The van der Waals surface area contributed by atoms with Gasteiger partial charge in [-0.15, -0.1) is 0 Å². The van der Waals surface area contributed by atoms with Crippen molar-refractivity contribution in [3.63, 3.8) is 0 Å². The smallest absolute Gasteiger partial charge is 0.387 e. The Morgan fingerprint density at radius 3 is 2.82 bits per heavy atom. The Bertz CT molecular complexity index is 1040. The van der Waals surface area contributed by atoms with Crippen LogP contribution in [0.3, 0.4) is 0 Å². The van der Waals surface area contributed by atoms with Crippen LogP contribution in [-0.4, -0.2) is 27.3 Å². The molecule has 0 saturated heterocycles. The summed E-state index contributed by atoms with van der Waals surface area (Å²) >= 11 is 0. The van der Waals surface area contributed by atoms with Crippen LogP contribution in [0.5, 0.6) is 5.75 Å². The number of ether oxygens (including phenoxy) is 1. The molecule has 0 bridgehead atoms. The number of nitrogens with zero attached hydrogens (tertiary/aromatic N) is 3. The fraction of sp³-hybridized carbons (Fsp3) is 0.350. The second-order valence-electron chi connectivity index (χ2n) is 7.04. The minimum Gasteiger partial charge on any atom is -0.433 e. The van der Waals surface area contributed by atoms with Crippen molar-refractivity contribution < 1.29 is 18.3 Å². The first-order chi connectivity index (χ1) is 13.4. The van der Waals surface area contributed by atoms with Crippen molar-refractivity contribution in [1.82, 2.24) is 14.8 Å². The van der Waals surface area contributed by atoms with E-state index in [0.29, 0.717) is 11.6 Å². The number of carbonyl (C=O) groups is 1. The molecule has 1 aliphatic carbocycles. The van der Waals surface area contributed by atoms with E-state index in [0.717, 1.165) is 29.5 Å². The number of aryl methyl sites for hydroxylation is 2. The van der Waals surface area contributed by atoms with Gasteiger partial charge in [-0.25, -0.2) is 9.67 Å². The minimum atomic E-state index is -2.97. The maximum atomic E-state index is 12.6. The molecule has 1 amide bonds. The predicted octanol–water partition coefficient (Wildman–Crippen LogP) is 4.17. The third kappa shape index (κ3) is 3.67. The SMILES string of the molecule is Cc1ccc(OC(F)F)c(NC(=O)Cn2nc(C)c3c(C4CC4)ccnc32)c1. The van der Waals surface area contributed by atoms with Gasteiger partial charge in [0.15, 0.2) is 5.65 Å². The van der Waals surface area contributed by atoms with Crippen molar-refractivity contribution in [2.45, 2.75) is 45.8 Å². The first kappa shape index (κ1) is 18.3. The molecule has 4 rings (SSSR count). The van der Waals surface area contributed by atoms with Crippen LogP contribution >= 0.6 is 0 Å². The number of anilines is 1. The van der Waals surface area contributed by atoms with Gasteiger partial charge in [-0.2, -0.15) is 13.9 Å². The van der Waals surface area contributed by atoms with Crippen LogP contribution in [0.25, 0.3) is 11.0 Å². The van der Waals surface area contributed by atoms with Crippen molar-refractivity contribution in [1.29, 1.82) is 0 Å². The molecular weight excluding hydrogens is 366 g/mol. The zero-order chi connectivity index (χ0) is 19.8. The Kier molecular flexibility index (Phi) is 4.70. The number of fused-ring (bicyclic) bond motifs is 1. The second kappa shape index (κ2) is 7.18. The molecule has 28 heavy (non-hydrogen) atoms. The third-order valence-corrected chi connectivity index (χ3v) is 4.78. The van der Waals surface area contributed by atoms with E-state index >= 15 is 0 Å². The summed E-state index contributed by atoms with van der Waals surface area (Å²) in [5.74, 6) is 0.0642. The first-order valence-corrected chi connectivity index (χ1v) is 9.09. The number of nitrogens with one attached hydrogen (secondary N) is 1. The summed E-state index contributed by atoms with van der Waals surface area (Å²) in [4.78, 5) is 17.0. The molecule has 6 nitrogen and oxygen atoms in total. The van der Waals surface area contributed by atoms with Crippen LogP contribution < -0.4 is 10.1 Å². The molecule has 3 aromatic rings. The zero-order valence-electron chi connectivity index (χ0n) is 15.6. The van der Waals surface area contributed by atoms with Crippen molar-refractivity contribution in [2.24, 2.45) is 0 Å². The van der Waals surface area contributed by atoms with E-state index in [2.05, 4.69) is 20.1 Å². The molecule has 0 spiro atoms. The molecule has 1 aliphatic rings. The van der Waals surface area contributed by atoms with Crippen LogP contribution in [0, 0.1) is 13.8 Å². The maximum Gasteiger partial charge on any atom is 0.387 e. The summed E-state index contributed by atoms with van der Waals surface area (Å²) in [6.07, 6.45) is 4.05. The van der Waals surface area contributed by atoms with E-state index in [4.69, 9.17) is 0 Å². The number of hydrogen-bond acceptors (Lipinski definition) is 4. The summed E-state index contributed by atoms with van der Waals surface area (Å²) in [6.45, 7) is 0.656. The predicted molar refractivity (Wildman–Crippen MR) is 101 cm³/mol. The van der Waals surface area contributed by atoms with Gasteiger partial charge in [-0.3, -0.25) is 4.79 Å². The average Bonchev–Trinajstić information content (AvgIpc) is 3.43. The monoisotopic (exact) mass is 386 g/mol. The standard InChI is InChI=1S/C20H20F2N4O2/c1-11-3-6-16(28-20(21)22)15(9-11)24-17(27)10-26-19-18(12(2)25-26)14(7-8-23-19)13-4-5-13/h3,6-9,13,20H,4-5,10H2,1-2H3,(H,24,27). The van der Waals surface area contributed by atoms with E-state index in [9.17, 15) is 13.6 Å². The zero-order valence-corrected chi connectivity index (χ0v) is 15.6. The highest BCUT2D eigenvalue weighted by atomic mass is 19.3. The molecule has 0 radical (unpaired) electrons. The normalized spacial score (nSPS) is 13.9. The molecule has 0 aliphatic heterocycles.